The van der Waals surface area contributed by atoms with E-state index < -0.39 is 17.7 Å². The molecule has 1 aromatic carbocycles. The summed E-state index contributed by atoms with van der Waals surface area (Å²) < 4.78 is 13.0. The lowest BCUT2D eigenvalue weighted by Crippen LogP contribution is -2.53. The standard InChI is InChI=1S/C14H15FN2O4/c15-11-3-1-2-10(5-11)14(21)16-6-12(18)17-7-9(8-17)4-13(19)20/h1-3,5,9H,4,6-8H2,(H,16,21)(H,19,20). The molecule has 2 amide bonds. The highest BCUT2D eigenvalue weighted by Gasteiger charge is 2.31. The van der Waals surface area contributed by atoms with Gasteiger partial charge in [0.2, 0.25) is 5.91 Å². The molecule has 1 aliphatic heterocycles. The number of amides is 2. The topological polar surface area (TPSA) is 86.7 Å². The van der Waals surface area contributed by atoms with E-state index in [9.17, 15) is 18.8 Å². The summed E-state index contributed by atoms with van der Waals surface area (Å²) in [5.41, 5.74) is 0.148. The van der Waals surface area contributed by atoms with Crippen molar-refractivity contribution in [2.75, 3.05) is 19.6 Å². The summed E-state index contributed by atoms with van der Waals surface area (Å²) in [7, 11) is 0. The second-order valence-electron chi connectivity index (χ2n) is 4.96. The van der Waals surface area contributed by atoms with Gasteiger partial charge in [-0.2, -0.15) is 0 Å². The van der Waals surface area contributed by atoms with E-state index in [0.29, 0.717) is 13.1 Å². The zero-order valence-corrected chi connectivity index (χ0v) is 11.2. The minimum absolute atomic E-state index is 0.0228. The summed E-state index contributed by atoms with van der Waals surface area (Å²) in [4.78, 5) is 35.4. The SMILES string of the molecule is O=C(O)CC1CN(C(=O)CNC(=O)c2cccc(F)c2)C1. The van der Waals surface area contributed by atoms with E-state index in [1.165, 1.54) is 23.1 Å². The van der Waals surface area contributed by atoms with Gasteiger partial charge in [0.1, 0.15) is 5.82 Å². The number of carbonyl (C=O) groups excluding carboxylic acids is 2. The van der Waals surface area contributed by atoms with Crippen LogP contribution < -0.4 is 5.32 Å². The average molecular weight is 294 g/mol. The van der Waals surface area contributed by atoms with Crippen LogP contribution in [0.2, 0.25) is 0 Å². The van der Waals surface area contributed by atoms with Crippen molar-refractivity contribution < 1.29 is 23.9 Å². The van der Waals surface area contributed by atoms with E-state index in [1.807, 2.05) is 0 Å². The Hall–Kier alpha value is -2.44. The van der Waals surface area contributed by atoms with Crippen molar-refractivity contribution in [3.63, 3.8) is 0 Å². The first kappa shape index (κ1) is 15.0. The zero-order valence-electron chi connectivity index (χ0n) is 11.2. The number of likely N-dealkylation sites (tertiary alicyclic amines) is 1. The molecule has 7 heteroatoms. The van der Waals surface area contributed by atoms with Crippen LogP contribution in [0.5, 0.6) is 0 Å². The summed E-state index contributed by atoms with van der Waals surface area (Å²) in [6.45, 7) is 0.594. The molecular formula is C14H15FN2O4. The van der Waals surface area contributed by atoms with Gasteiger partial charge < -0.3 is 15.3 Å². The predicted molar refractivity (Wildman–Crippen MR) is 71.1 cm³/mol. The van der Waals surface area contributed by atoms with Gasteiger partial charge in [-0.05, 0) is 18.2 Å². The number of carboxylic acids is 1. The Morgan fingerprint density at radius 3 is 2.67 bits per heavy atom. The number of rotatable bonds is 5. The van der Waals surface area contributed by atoms with Crippen LogP contribution in [0.1, 0.15) is 16.8 Å². The Balaban J connectivity index is 1.75. The van der Waals surface area contributed by atoms with Crippen molar-refractivity contribution in [1.29, 1.82) is 0 Å². The van der Waals surface area contributed by atoms with Gasteiger partial charge in [-0.15, -0.1) is 0 Å². The fourth-order valence-corrected chi connectivity index (χ4v) is 2.15. The molecule has 1 fully saturated rings. The molecular weight excluding hydrogens is 279 g/mol. The monoisotopic (exact) mass is 294 g/mol. The van der Waals surface area contributed by atoms with Gasteiger partial charge in [0, 0.05) is 24.6 Å². The summed E-state index contributed by atoms with van der Waals surface area (Å²) >= 11 is 0. The molecule has 112 valence electrons. The molecule has 0 atom stereocenters. The summed E-state index contributed by atoms with van der Waals surface area (Å²) in [5, 5.41) is 11.0. The molecule has 21 heavy (non-hydrogen) atoms. The number of carbonyl (C=O) groups is 3. The van der Waals surface area contributed by atoms with Crippen LogP contribution >= 0.6 is 0 Å². The molecule has 0 unspecified atom stereocenters. The van der Waals surface area contributed by atoms with Gasteiger partial charge in [0.15, 0.2) is 0 Å². The maximum Gasteiger partial charge on any atom is 0.303 e. The Morgan fingerprint density at radius 1 is 1.33 bits per heavy atom. The van der Waals surface area contributed by atoms with E-state index in [2.05, 4.69) is 5.32 Å². The van der Waals surface area contributed by atoms with Crippen LogP contribution in [0.4, 0.5) is 4.39 Å². The van der Waals surface area contributed by atoms with Crippen molar-refractivity contribution in [1.82, 2.24) is 10.2 Å². The first-order valence-electron chi connectivity index (χ1n) is 6.49. The molecule has 1 aromatic rings. The molecule has 1 heterocycles. The summed E-state index contributed by atoms with van der Waals surface area (Å²) in [6.07, 6.45) is 0.0411. The van der Waals surface area contributed by atoms with Crippen LogP contribution in [0.15, 0.2) is 24.3 Å². The molecule has 1 saturated heterocycles. The molecule has 6 nitrogen and oxygen atoms in total. The van der Waals surface area contributed by atoms with Crippen LogP contribution in [0, 0.1) is 11.7 Å². The maximum absolute atomic E-state index is 13.0. The second kappa shape index (κ2) is 6.34. The zero-order chi connectivity index (χ0) is 15.4. The Kier molecular flexibility index (Phi) is 4.52. The molecule has 1 aliphatic rings. The molecule has 2 rings (SSSR count). The fraction of sp³-hybridized carbons (Fsp3) is 0.357. The van der Waals surface area contributed by atoms with Crippen molar-refractivity contribution in [3.05, 3.63) is 35.6 Å². The smallest absolute Gasteiger partial charge is 0.303 e. The summed E-state index contributed by atoms with van der Waals surface area (Å²) in [6, 6.07) is 5.18. The van der Waals surface area contributed by atoms with Gasteiger partial charge in [0.25, 0.3) is 5.91 Å². The molecule has 0 spiro atoms. The first-order valence-corrected chi connectivity index (χ1v) is 6.49. The highest BCUT2D eigenvalue weighted by molar-refractivity contribution is 5.96. The van der Waals surface area contributed by atoms with Gasteiger partial charge in [-0.3, -0.25) is 14.4 Å². The number of aliphatic carboxylic acids is 1. The van der Waals surface area contributed by atoms with Gasteiger partial charge in [0.05, 0.1) is 13.0 Å². The quantitative estimate of drug-likeness (QED) is 0.827. The highest BCUT2D eigenvalue weighted by atomic mass is 19.1. The number of carboxylic acid groups (broad SMARTS) is 1. The van der Waals surface area contributed by atoms with Crippen molar-refractivity contribution in [2.45, 2.75) is 6.42 Å². The molecule has 0 radical (unpaired) electrons. The first-order chi connectivity index (χ1) is 9.95. The minimum atomic E-state index is -0.883. The Bertz CT molecular complexity index is 570. The van der Waals surface area contributed by atoms with Crippen molar-refractivity contribution >= 4 is 17.8 Å². The number of nitrogens with zero attached hydrogens (tertiary/aromatic N) is 1. The number of benzene rings is 1. The van der Waals surface area contributed by atoms with Crippen molar-refractivity contribution in [3.8, 4) is 0 Å². The number of halogens is 1. The van der Waals surface area contributed by atoms with Gasteiger partial charge >= 0.3 is 5.97 Å². The largest absolute Gasteiger partial charge is 0.481 e. The molecule has 0 saturated carbocycles. The lowest BCUT2D eigenvalue weighted by molar-refractivity contribution is -0.144. The number of nitrogens with one attached hydrogen (secondary N) is 1. The number of hydrogen-bond acceptors (Lipinski definition) is 3. The second-order valence-corrected chi connectivity index (χ2v) is 4.96. The third kappa shape index (κ3) is 4.01. The number of hydrogen-bond donors (Lipinski definition) is 2. The van der Waals surface area contributed by atoms with Gasteiger partial charge in [-0.1, -0.05) is 6.07 Å². The molecule has 0 bridgehead atoms. The third-order valence-electron chi connectivity index (χ3n) is 3.26. The molecule has 0 aliphatic carbocycles. The third-order valence-corrected chi connectivity index (χ3v) is 3.26. The molecule has 0 aromatic heterocycles. The van der Waals surface area contributed by atoms with E-state index >= 15 is 0 Å². The lowest BCUT2D eigenvalue weighted by atomic mass is 9.96. The van der Waals surface area contributed by atoms with Crippen molar-refractivity contribution in [2.24, 2.45) is 5.92 Å². The van der Waals surface area contributed by atoms with Crippen LogP contribution in [-0.4, -0.2) is 47.4 Å². The van der Waals surface area contributed by atoms with Crippen LogP contribution in [0.3, 0.4) is 0 Å². The van der Waals surface area contributed by atoms with E-state index in [1.54, 1.807) is 0 Å². The summed E-state index contributed by atoms with van der Waals surface area (Å²) in [5.74, 6) is -2.23. The van der Waals surface area contributed by atoms with Gasteiger partial charge in [-0.25, -0.2) is 4.39 Å². The predicted octanol–water partition coefficient (Wildman–Crippen LogP) is 0.489. The van der Waals surface area contributed by atoms with E-state index in [4.69, 9.17) is 5.11 Å². The normalized spacial score (nSPS) is 14.4. The van der Waals surface area contributed by atoms with E-state index in [0.717, 1.165) is 6.07 Å². The van der Waals surface area contributed by atoms with Crippen LogP contribution in [0.25, 0.3) is 0 Å². The minimum Gasteiger partial charge on any atom is -0.481 e. The lowest BCUT2D eigenvalue weighted by Gasteiger charge is -2.38. The van der Waals surface area contributed by atoms with Crippen LogP contribution in [-0.2, 0) is 9.59 Å². The fourth-order valence-electron chi connectivity index (χ4n) is 2.15. The maximum atomic E-state index is 13.0. The Labute approximate surface area is 120 Å². The van der Waals surface area contributed by atoms with E-state index in [-0.39, 0.29) is 30.4 Å². The molecule has 2 N–H and O–H groups in total. The average Bonchev–Trinajstić information content (AvgIpc) is 2.39. The Morgan fingerprint density at radius 2 is 2.05 bits per heavy atom. The highest BCUT2D eigenvalue weighted by Crippen LogP contribution is 2.18.